The topological polar surface area (TPSA) is 88.3 Å². The number of ether oxygens (including phenoxy) is 2. The fraction of sp³-hybridized carbons (Fsp3) is 0.263. The lowest BCUT2D eigenvalue weighted by Gasteiger charge is -2.08. The first-order chi connectivity index (χ1) is 12.8. The normalized spacial score (nSPS) is 12.3. The molecule has 0 radical (unpaired) electrons. The number of benzene rings is 2. The van der Waals surface area contributed by atoms with Crippen LogP contribution in [-0.2, 0) is 13.0 Å². The number of para-hydroxylation sites is 2. The summed E-state index contributed by atoms with van der Waals surface area (Å²) in [4.78, 5) is 19.7. The van der Waals surface area contributed by atoms with Gasteiger partial charge in [-0.3, -0.25) is 0 Å². The van der Waals surface area contributed by atoms with E-state index in [1.165, 1.54) is 0 Å². The highest BCUT2D eigenvalue weighted by molar-refractivity contribution is 5.75. The van der Waals surface area contributed by atoms with Crippen LogP contribution in [0.3, 0.4) is 0 Å². The Balaban J connectivity index is 1.18. The number of nitrogens with zero attached hydrogens (tertiary/aromatic N) is 1. The second-order valence-corrected chi connectivity index (χ2v) is 6.10. The van der Waals surface area contributed by atoms with Crippen molar-refractivity contribution in [1.82, 2.24) is 20.6 Å². The van der Waals surface area contributed by atoms with E-state index in [0.717, 1.165) is 46.8 Å². The molecule has 0 saturated carbocycles. The summed E-state index contributed by atoms with van der Waals surface area (Å²) in [6.07, 6.45) is 1.61. The van der Waals surface area contributed by atoms with Gasteiger partial charge in [-0.05, 0) is 36.2 Å². The maximum atomic E-state index is 11.9. The van der Waals surface area contributed by atoms with E-state index in [9.17, 15) is 4.79 Å². The summed E-state index contributed by atoms with van der Waals surface area (Å²) in [5, 5.41) is 5.70. The Kier molecular flexibility index (Phi) is 4.59. The van der Waals surface area contributed by atoms with Crippen molar-refractivity contribution in [3.63, 3.8) is 0 Å². The van der Waals surface area contributed by atoms with Gasteiger partial charge in [-0.25, -0.2) is 9.78 Å². The van der Waals surface area contributed by atoms with Crippen LogP contribution in [-0.4, -0.2) is 29.3 Å². The zero-order valence-corrected chi connectivity index (χ0v) is 14.2. The Hall–Kier alpha value is -3.22. The summed E-state index contributed by atoms with van der Waals surface area (Å²) in [6.45, 7) is 1.27. The van der Waals surface area contributed by atoms with Gasteiger partial charge in [-0.2, -0.15) is 0 Å². The maximum Gasteiger partial charge on any atom is 0.315 e. The van der Waals surface area contributed by atoms with Crippen molar-refractivity contribution in [2.24, 2.45) is 0 Å². The quantitative estimate of drug-likeness (QED) is 0.595. The molecule has 3 aromatic rings. The van der Waals surface area contributed by atoms with Crippen molar-refractivity contribution in [3.05, 3.63) is 53.9 Å². The van der Waals surface area contributed by atoms with Gasteiger partial charge in [0.25, 0.3) is 0 Å². The smallest absolute Gasteiger partial charge is 0.315 e. The molecule has 0 bridgehead atoms. The summed E-state index contributed by atoms with van der Waals surface area (Å²) in [5.74, 6) is 2.40. The number of hydrogen-bond acceptors (Lipinski definition) is 4. The molecule has 1 aliphatic rings. The second-order valence-electron chi connectivity index (χ2n) is 6.10. The number of rotatable bonds is 6. The average Bonchev–Trinajstić information content (AvgIpc) is 3.29. The number of amides is 2. The van der Waals surface area contributed by atoms with Gasteiger partial charge < -0.3 is 25.1 Å². The summed E-state index contributed by atoms with van der Waals surface area (Å²) >= 11 is 0. The van der Waals surface area contributed by atoms with Crippen molar-refractivity contribution < 1.29 is 14.3 Å². The maximum absolute atomic E-state index is 11.9. The number of carbonyl (C=O) groups is 1. The van der Waals surface area contributed by atoms with Gasteiger partial charge in [0.05, 0.1) is 11.0 Å². The predicted molar refractivity (Wildman–Crippen MR) is 97.2 cm³/mol. The molecular formula is C19H20N4O3. The monoisotopic (exact) mass is 352 g/mol. The van der Waals surface area contributed by atoms with Gasteiger partial charge in [-0.15, -0.1) is 0 Å². The Labute approximate surface area is 150 Å². The molecular weight excluding hydrogens is 332 g/mol. The van der Waals surface area contributed by atoms with E-state index in [0.29, 0.717) is 13.1 Å². The average molecular weight is 352 g/mol. The molecule has 2 heterocycles. The molecule has 134 valence electrons. The molecule has 0 spiro atoms. The number of carbonyl (C=O) groups excluding carboxylic acids is 1. The van der Waals surface area contributed by atoms with Crippen LogP contribution in [0.25, 0.3) is 11.0 Å². The Bertz CT molecular complexity index is 889. The van der Waals surface area contributed by atoms with E-state index in [1.54, 1.807) is 0 Å². The van der Waals surface area contributed by atoms with Crippen LogP contribution in [0.2, 0.25) is 0 Å². The predicted octanol–water partition coefficient (Wildman–Crippen LogP) is 2.72. The molecule has 3 N–H and O–H groups in total. The van der Waals surface area contributed by atoms with Crippen LogP contribution in [0, 0.1) is 0 Å². The lowest BCUT2D eigenvalue weighted by molar-refractivity contribution is 0.174. The molecule has 4 rings (SSSR count). The van der Waals surface area contributed by atoms with Crippen molar-refractivity contribution in [2.75, 3.05) is 13.3 Å². The van der Waals surface area contributed by atoms with Gasteiger partial charge in [0.1, 0.15) is 5.82 Å². The van der Waals surface area contributed by atoms with E-state index < -0.39 is 0 Å². The molecule has 0 unspecified atom stereocenters. The highest BCUT2D eigenvalue weighted by Gasteiger charge is 2.13. The highest BCUT2D eigenvalue weighted by atomic mass is 16.7. The van der Waals surface area contributed by atoms with Gasteiger partial charge in [-0.1, -0.05) is 18.2 Å². The second kappa shape index (κ2) is 7.35. The molecule has 7 heteroatoms. The SMILES string of the molecule is O=C(NCCCc1nc2ccccc2[nH]1)NCc1ccc2c(c1)OCO2. The van der Waals surface area contributed by atoms with Gasteiger partial charge in [0.15, 0.2) is 11.5 Å². The van der Waals surface area contributed by atoms with Crippen LogP contribution < -0.4 is 20.1 Å². The molecule has 0 aliphatic carbocycles. The van der Waals surface area contributed by atoms with Crippen LogP contribution >= 0.6 is 0 Å². The first kappa shape index (κ1) is 16.3. The van der Waals surface area contributed by atoms with Gasteiger partial charge in [0.2, 0.25) is 6.79 Å². The van der Waals surface area contributed by atoms with E-state index in [4.69, 9.17) is 9.47 Å². The number of aromatic nitrogens is 2. The summed E-state index contributed by atoms with van der Waals surface area (Å²) in [7, 11) is 0. The zero-order chi connectivity index (χ0) is 17.8. The number of aryl methyl sites for hydroxylation is 1. The van der Waals surface area contributed by atoms with Crippen molar-refractivity contribution in [3.8, 4) is 11.5 Å². The van der Waals surface area contributed by atoms with Crippen LogP contribution in [0.15, 0.2) is 42.5 Å². The Morgan fingerprint density at radius 3 is 2.92 bits per heavy atom. The minimum absolute atomic E-state index is 0.188. The molecule has 1 aliphatic heterocycles. The highest BCUT2D eigenvalue weighted by Crippen LogP contribution is 2.32. The summed E-state index contributed by atoms with van der Waals surface area (Å²) in [5.41, 5.74) is 2.97. The lowest BCUT2D eigenvalue weighted by Crippen LogP contribution is -2.35. The largest absolute Gasteiger partial charge is 0.454 e. The number of H-pyrrole nitrogens is 1. The number of urea groups is 1. The molecule has 26 heavy (non-hydrogen) atoms. The Morgan fingerprint density at radius 1 is 1.12 bits per heavy atom. The summed E-state index contributed by atoms with van der Waals surface area (Å²) < 4.78 is 10.6. The number of nitrogens with one attached hydrogen (secondary N) is 3. The standard InChI is InChI=1S/C19H20N4O3/c24-19(21-11-13-7-8-16-17(10-13)26-12-25-16)20-9-3-6-18-22-14-4-1-2-5-15(14)23-18/h1-2,4-5,7-8,10H,3,6,9,11-12H2,(H,22,23)(H2,20,21,24). The van der Waals surface area contributed by atoms with E-state index >= 15 is 0 Å². The number of imidazole rings is 1. The number of hydrogen-bond donors (Lipinski definition) is 3. The first-order valence-electron chi connectivity index (χ1n) is 8.62. The number of fused-ring (bicyclic) bond motifs is 2. The van der Waals surface area contributed by atoms with Crippen molar-refractivity contribution in [1.29, 1.82) is 0 Å². The lowest BCUT2D eigenvalue weighted by atomic mass is 10.2. The van der Waals surface area contributed by atoms with E-state index in [1.807, 2.05) is 42.5 Å². The fourth-order valence-corrected chi connectivity index (χ4v) is 2.88. The third-order valence-electron chi connectivity index (χ3n) is 4.20. The fourth-order valence-electron chi connectivity index (χ4n) is 2.88. The van der Waals surface area contributed by atoms with E-state index in [2.05, 4.69) is 20.6 Å². The Morgan fingerprint density at radius 2 is 2.00 bits per heavy atom. The zero-order valence-electron chi connectivity index (χ0n) is 14.2. The van der Waals surface area contributed by atoms with Crippen LogP contribution in [0.5, 0.6) is 11.5 Å². The molecule has 2 aromatic carbocycles. The van der Waals surface area contributed by atoms with Gasteiger partial charge >= 0.3 is 6.03 Å². The first-order valence-corrected chi connectivity index (χ1v) is 8.62. The van der Waals surface area contributed by atoms with Crippen LogP contribution in [0.4, 0.5) is 4.79 Å². The number of aromatic amines is 1. The third kappa shape index (κ3) is 3.72. The summed E-state index contributed by atoms with van der Waals surface area (Å²) in [6, 6.07) is 13.4. The van der Waals surface area contributed by atoms with E-state index in [-0.39, 0.29) is 12.8 Å². The minimum atomic E-state index is -0.188. The minimum Gasteiger partial charge on any atom is -0.454 e. The van der Waals surface area contributed by atoms with Crippen molar-refractivity contribution >= 4 is 17.1 Å². The van der Waals surface area contributed by atoms with Crippen molar-refractivity contribution in [2.45, 2.75) is 19.4 Å². The van der Waals surface area contributed by atoms with Crippen LogP contribution in [0.1, 0.15) is 17.8 Å². The van der Waals surface area contributed by atoms with Gasteiger partial charge in [0, 0.05) is 19.5 Å². The molecule has 0 atom stereocenters. The molecule has 1 aromatic heterocycles. The molecule has 0 fully saturated rings. The molecule has 2 amide bonds. The molecule has 7 nitrogen and oxygen atoms in total. The molecule has 0 saturated heterocycles. The third-order valence-corrected chi connectivity index (χ3v) is 4.20.